The number of nitrogens with zero attached hydrogens (tertiary/aromatic N) is 1. The van der Waals surface area contributed by atoms with Gasteiger partial charge in [0.25, 0.3) is 0 Å². The van der Waals surface area contributed by atoms with E-state index in [4.69, 9.17) is 4.74 Å². The summed E-state index contributed by atoms with van der Waals surface area (Å²) >= 11 is 0. The van der Waals surface area contributed by atoms with Crippen LogP contribution in [-0.4, -0.2) is 42.3 Å². The topological polar surface area (TPSA) is 41.6 Å². The Morgan fingerprint density at radius 1 is 1.47 bits per heavy atom. The molecule has 2 fully saturated rings. The molecule has 2 rings (SSSR count). The number of nitrogens with one attached hydrogen (secondary N) is 1. The van der Waals surface area contributed by atoms with Gasteiger partial charge in [-0.15, -0.1) is 0 Å². The zero-order valence-electron chi connectivity index (χ0n) is 11.4. The number of likely N-dealkylation sites (tertiary alicyclic amines) is 1. The molecule has 4 nitrogen and oxygen atoms in total. The smallest absolute Gasteiger partial charge is 0.410 e. The van der Waals surface area contributed by atoms with Gasteiger partial charge in [-0.2, -0.15) is 0 Å². The summed E-state index contributed by atoms with van der Waals surface area (Å²) in [6.45, 7) is 10.8. The molecule has 2 aliphatic heterocycles. The standard InChI is InChI=1S/C13H24N2O2/c1-12(2,3)17-11(16)15-7-5-6-13(4)9-14-8-10(13)15/h10,14H,5-9H2,1-4H3/t10-,13+/m1/s1. The molecular weight excluding hydrogens is 216 g/mol. The highest BCUT2D eigenvalue weighted by atomic mass is 16.6. The number of piperidine rings is 1. The summed E-state index contributed by atoms with van der Waals surface area (Å²) in [5.74, 6) is 0. The van der Waals surface area contributed by atoms with Gasteiger partial charge >= 0.3 is 6.09 Å². The number of carbonyl (C=O) groups is 1. The van der Waals surface area contributed by atoms with Crippen LogP contribution in [0.1, 0.15) is 40.5 Å². The maximum atomic E-state index is 12.2. The Balaban J connectivity index is 2.08. The number of hydrogen-bond donors (Lipinski definition) is 1. The maximum Gasteiger partial charge on any atom is 0.410 e. The fourth-order valence-corrected chi connectivity index (χ4v) is 2.95. The lowest BCUT2D eigenvalue weighted by molar-refractivity contribution is -0.00656. The molecule has 0 aromatic heterocycles. The molecule has 0 aromatic carbocycles. The van der Waals surface area contributed by atoms with Crippen molar-refractivity contribution >= 4 is 6.09 Å². The molecule has 2 saturated heterocycles. The highest BCUT2D eigenvalue weighted by molar-refractivity contribution is 5.69. The number of hydrogen-bond acceptors (Lipinski definition) is 3. The molecule has 0 bridgehead atoms. The highest BCUT2D eigenvalue weighted by Crippen LogP contribution is 2.38. The average molecular weight is 240 g/mol. The van der Waals surface area contributed by atoms with Crippen molar-refractivity contribution in [2.45, 2.75) is 52.2 Å². The van der Waals surface area contributed by atoms with Crippen molar-refractivity contribution < 1.29 is 9.53 Å². The Hall–Kier alpha value is -0.770. The normalized spacial score (nSPS) is 33.4. The molecule has 17 heavy (non-hydrogen) atoms. The Bertz CT molecular complexity index is 311. The van der Waals surface area contributed by atoms with Crippen LogP contribution in [0.2, 0.25) is 0 Å². The molecule has 1 N–H and O–H groups in total. The van der Waals surface area contributed by atoms with Crippen LogP contribution in [0.3, 0.4) is 0 Å². The Morgan fingerprint density at radius 3 is 2.82 bits per heavy atom. The van der Waals surface area contributed by atoms with Crippen LogP contribution in [-0.2, 0) is 4.74 Å². The van der Waals surface area contributed by atoms with Crippen LogP contribution in [0.15, 0.2) is 0 Å². The van der Waals surface area contributed by atoms with E-state index in [0.29, 0.717) is 6.04 Å². The molecule has 4 heteroatoms. The molecule has 2 heterocycles. The van der Waals surface area contributed by atoms with Gasteiger partial charge in [0.1, 0.15) is 5.60 Å². The van der Waals surface area contributed by atoms with E-state index in [1.54, 1.807) is 0 Å². The molecule has 0 saturated carbocycles. The van der Waals surface area contributed by atoms with E-state index in [1.165, 1.54) is 6.42 Å². The first-order valence-electron chi connectivity index (χ1n) is 6.52. The predicted octanol–water partition coefficient (Wildman–Crippen LogP) is 2.00. The number of ether oxygens (including phenoxy) is 1. The monoisotopic (exact) mass is 240 g/mol. The minimum absolute atomic E-state index is 0.155. The Labute approximate surface area is 104 Å². The van der Waals surface area contributed by atoms with E-state index in [-0.39, 0.29) is 11.5 Å². The molecular formula is C13H24N2O2. The molecule has 2 atom stereocenters. The lowest BCUT2D eigenvalue weighted by Crippen LogP contribution is -2.54. The Morgan fingerprint density at radius 2 is 2.18 bits per heavy atom. The number of carbonyl (C=O) groups excluding carboxylic acids is 1. The first-order valence-corrected chi connectivity index (χ1v) is 6.52. The fourth-order valence-electron chi connectivity index (χ4n) is 2.95. The van der Waals surface area contributed by atoms with Gasteiger partial charge in [0.05, 0.1) is 6.04 Å². The number of rotatable bonds is 0. The van der Waals surface area contributed by atoms with Crippen LogP contribution in [0, 0.1) is 5.41 Å². The third-order valence-electron chi connectivity index (χ3n) is 3.82. The van der Waals surface area contributed by atoms with Crippen molar-refractivity contribution in [3.63, 3.8) is 0 Å². The van der Waals surface area contributed by atoms with E-state index in [9.17, 15) is 4.79 Å². The second-order valence-electron chi connectivity index (χ2n) is 6.58. The zero-order chi connectivity index (χ0) is 12.7. The minimum Gasteiger partial charge on any atom is -0.444 e. The minimum atomic E-state index is -0.406. The lowest BCUT2D eigenvalue weighted by atomic mass is 9.77. The quantitative estimate of drug-likeness (QED) is 0.704. The fraction of sp³-hybridized carbons (Fsp3) is 0.923. The number of amides is 1. The first-order chi connectivity index (χ1) is 7.82. The lowest BCUT2D eigenvalue weighted by Gasteiger charge is -2.43. The summed E-state index contributed by atoms with van der Waals surface area (Å²) in [5, 5.41) is 3.40. The molecule has 98 valence electrons. The van der Waals surface area contributed by atoms with Crippen LogP contribution < -0.4 is 5.32 Å². The molecule has 1 amide bonds. The van der Waals surface area contributed by atoms with E-state index in [2.05, 4.69) is 12.2 Å². The van der Waals surface area contributed by atoms with Crippen LogP contribution in [0.25, 0.3) is 0 Å². The van der Waals surface area contributed by atoms with Gasteiger partial charge in [0.2, 0.25) is 0 Å². The zero-order valence-corrected chi connectivity index (χ0v) is 11.4. The van der Waals surface area contributed by atoms with Gasteiger partial charge in [-0.05, 0) is 33.6 Å². The molecule has 0 radical (unpaired) electrons. The summed E-state index contributed by atoms with van der Waals surface area (Å²) in [4.78, 5) is 14.1. The predicted molar refractivity (Wildman–Crippen MR) is 66.9 cm³/mol. The first kappa shape index (κ1) is 12.7. The molecule has 0 unspecified atom stereocenters. The number of fused-ring (bicyclic) bond motifs is 1. The molecule has 2 aliphatic rings. The summed E-state index contributed by atoms with van der Waals surface area (Å²) in [5.41, 5.74) is -0.174. The molecule has 0 spiro atoms. The summed E-state index contributed by atoms with van der Waals surface area (Å²) in [7, 11) is 0. The van der Waals surface area contributed by atoms with E-state index < -0.39 is 5.60 Å². The van der Waals surface area contributed by atoms with Gasteiger partial charge in [0, 0.05) is 25.0 Å². The van der Waals surface area contributed by atoms with Crippen LogP contribution >= 0.6 is 0 Å². The SMILES string of the molecule is CC(C)(C)OC(=O)N1CCC[C@@]2(C)CNC[C@@H]12. The summed E-state index contributed by atoms with van der Waals surface area (Å²) in [6, 6.07) is 0.297. The van der Waals surface area contributed by atoms with Gasteiger partial charge in [0.15, 0.2) is 0 Å². The van der Waals surface area contributed by atoms with Crippen molar-refractivity contribution in [1.29, 1.82) is 0 Å². The van der Waals surface area contributed by atoms with Crippen molar-refractivity contribution in [1.82, 2.24) is 10.2 Å². The summed E-state index contributed by atoms with van der Waals surface area (Å²) < 4.78 is 5.49. The Kier molecular flexibility index (Phi) is 3.10. The molecule has 0 aromatic rings. The highest BCUT2D eigenvalue weighted by Gasteiger charge is 2.46. The van der Waals surface area contributed by atoms with Crippen molar-refractivity contribution in [2.75, 3.05) is 19.6 Å². The average Bonchev–Trinajstić information content (AvgIpc) is 2.55. The third kappa shape index (κ3) is 2.57. The van der Waals surface area contributed by atoms with Crippen LogP contribution in [0.5, 0.6) is 0 Å². The molecule has 0 aliphatic carbocycles. The van der Waals surface area contributed by atoms with Gasteiger partial charge in [-0.3, -0.25) is 0 Å². The van der Waals surface area contributed by atoms with E-state index in [0.717, 1.165) is 26.1 Å². The van der Waals surface area contributed by atoms with Crippen molar-refractivity contribution in [2.24, 2.45) is 5.41 Å². The van der Waals surface area contributed by atoms with Gasteiger partial charge in [-0.1, -0.05) is 6.92 Å². The summed E-state index contributed by atoms with van der Waals surface area (Å²) in [6.07, 6.45) is 2.12. The van der Waals surface area contributed by atoms with Gasteiger partial charge in [-0.25, -0.2) is 4.79 Å². The van der Waals surface area contributed by atoms with E-state index >= 15 is 0 Å². The van der Waals surface area contributed by atoms with E-state index in [1.807, 2.05) is 25.7 Å². The third-order valence-corrected chi connectivity index (χ3v) is 3.82. The van der Waals surface area contributed by atoms with Gasteiger partial charge < -0.3 is 15.0 Å². The second-order valence-corrected chi connectivity index (χ2v) is 6.58. The second kappa shape index (κ2) is 4.16. The van der Waals surface area contributed by atoms with Crippen LogP contribution in [0.4, 0.5) is 4.79 Å². The maximum absolute atomic E-state index is 12.2. The largest absolute Gasteiger partial charge is 0.444 e. The van der Waals surface area contributed by atoms with Crippen molar-refractivity contribution in [3.05, 3.63) is 0 Å². The van der Waals surface area contributed by atoms with Crippen molar-refractivity contribution in [3.8, 4) is 0 Å².